The molecule has 1 saturated heterocycles. The highest BCUT2D eigenvalue weighted by Gasteiger charge is 2.53. The van der Waals surface area contributed by atoms with Crippen LogP contribution < -0.4 is 0 Å². The summed E-state index contributed by atoms with van der Waals surface area (Å²) in [6.07, 6.45) is 3.39. The summed E-state index contributed by atoms with van der Waals surface area (Å²) in [7, 11) is -3.92. The summed E-state index contributed by atoms with van der Waals surface area (Å²) in [4.78, 5) is 0. The van der Waals surface area contributed by atoms with Crippen LogP contribution in [-0.2, 0) is 18.2 Å². The van der Waals surface area contributed by atoms with Crippen molar-refractivity contribution in [1.82, 2.24) is 0 Å². The zero-order valence-electron chi connectivity index (χ0n) is 21.5. The van der Waals surface area contributed by atoms with Crippen LogP contribution in [0.15, 0.2) is 11.5 Å². The maximum Gasteiger partial charge on any atom is 0.490 e. The molecule has 0 amide bonds. The van der Waals surface area contributed by atoms with Gasteiger partial charge in [-0.2, -0.15) is 0 Å². The maximum atomic E-state index is 6.38. The van der Waals surface area contributed by atoms with Crippen molar-refractivity contribution in [3.63, 3.8) is 0 Å². The average molecular weight is 443 g/mol. The van der Waals surface area contributed by atoms with Gasteiger partial charge in [-0.05, 0) is 90.7 Å². The third kappa shape index (κ3) is 7.61. The molecule has 1 aliphatic heterocycles. The van der Waals surface area contributed by atoms with Gasteiger partial charge in [-0.1, -0.05) is 26.8 Å². The van der Waals surface area contributed by atoms with Crippen LogP contribution in [0.1, 0.15) is 68.7 Å². The molecule has 0 radical (unpaired) electrons. The van der Waals surface area contributed by atoms with Gasteiger partial charge in [0, 0.05) is 12.7 Å². The Morgan fingerprint density at radius 1 is 1.00 bits per heavy atom. The van der Waals surface area contributed by atoms with E-state index in [-0.39, 0.29) is 29.5 Å². The lowest BCUT2D eigenvalue weighted by atomic mass is 9.78. The van der Waals surface area contributed by atoms with E-state index in [4.69, 9.17) is 18.2 Å². The highest BCUT2D eigenvalue weighted by atomic mass is 28.4. The Hall–Kier alpha value is 0.0787. The van der Waals surface area contributed by atoms with Gasteiger partial charge in [0.25, 0.3) is 0 Å². The summed E-state index contributed by atoms with van der Waals surface area (Å²) in [5.41, 5.74) is 0.539. The first-order chi connectivity index (χ1) is 12.8. The van der Waals surface area contributed by atoms with Crippen molar-refractivity contribution >= 4 is 23.8 Å². The largest absolute Gasteiger partial charge is 0.490 e. The molecule has 7 heteroatoms. The summed E-state index contributed by atoms with van der Waals surface area (Å²) in [6, 6.07) is 0.905. The fourth-order valence-corrected chi connectivity index (χ4v) is 6.91. The Kier molecular flexibility index (Phi) is 8.68. The molecule has 170 valence electrons. The second-order valence-corrected chi connectivity index (χ2v) is 20.8. The van der Waals surface area contributed by atoms with E-state index in [2.05, 4.69) is 94.6 Å². The van der Waals surface area contributed by atoms with Gasteiger partial charge >= 0.3 is 7.12 Å². The second-order valence-electron chi connectivity index (χ2n) is 11.9. The first-order valence-electron chi connectivity index (χ1n) is 11.2. The molecule has 0 atom stereocenters. The summed E-state index contributed by atoms with van der Waals surface area (Å²) in [5, 5.41) is 0.227. The van der Waals surface area contributed by atoms with E-state index < -0.39 is 16.6 Å². The summed E-state index contributed by atoms with van der Waals surface area (Å²) < 4.78 is 25.4. The summed E-state index contributed by atoms with van der Waals surface area (Å²) in [5.74, 6) is 0. The molecule has 1 heterocycles. The lowest BCUT2D eigenvalue weighted by Crippen LogP contribution is -2.41. The molecule has 1 fully saturated rings. The fourth-order valence-electron chi connectivity index (χ4n) is 3.19. The Morgan fingerprint density at radius 2 is 1.48 bits per heavy atom. The normalized spacial score (nSPS) is 20.6. The highest BCUT2D eigenvalue weighted by Crippen LogP contribution is 2.40. The number of hydrogen-bond acceptors (Lipinski definition) is 4. The first kappa shape index (κ1) is 27.1. The molecule has 0 aromatic rings. The third-order valence-electron chi connectivity index (χ3n) is 6.53. The molecule has 0 spiro atoms. The lowest BCUT2D eigenvalue weighted by molar-refractivity contribution is 0.00578. The van der Waals surface area contributed by atoms with Crippen LogP contribution in [0.2, 0.25) is 37.3 Å². The predicted molar refractivity (Wildman–Crippen MR) is 130 cm³/mol. The number of hydrogen-bond donors (Lipinski definition) is 0. The van der Waals surface area contributed by atoms with E-state index in [0.29, 0.717) is 0 Å². The maximum absolute atomic E-state index is 6.38. The van der Waals surface area contributed by atoms with Crippen LogP contribution in [-0.4, -0.2) is 47.7 Å². The quantitative estimate of drug-likeness (QED) is 0.298. The van der Waals surface area contributed by atoms with Crippen molar-refractivity contribution < 1.29 is 18.2 Å². The first-order valence-corrected chi connectivity index (χ1v) is 17.2. The van der Waals surface area contributed by atoms with Crippen molar-refractivity contribution in [2.75, 3.05) is 6.61 Å². The monoisotopic (exact) mass is 442 g/mol. The Balaban J connectivity index is 2.95. The summed E-state index contributed by atoms with van der Waals surface area (Å²) in [6.45, 7) is 29.4. The van der Waals surface area contributed by atoms with Gasteiger partial charge in [-0.3, -0.25) is 0 Å². The molecule has 1 rings (SSSR count). The van der Waals surface area contributed by atoms with E-state index in [1.165, 1.54) is 5.47 Å². The van der Waals surface area contributed by atoms with Crippen LogP contribution in [0.5, 0.6) is 0 Å². The van der Waals surface area contributed by atoms with Crippen molar-refractivity contribution in [3.05, 3.63) is 11.5 Å². The van der Waals surface area contributed by atoms with E-state index in [0.717, 1.165) is 19.1 Å². The van der Waals surface area contributed by atoms with Crippen LogP contribution in [0, 0.1) is 0 Å². The van der Waals surface area contributed by atoms with Crippen LogP contribution >= 0.6 is 0 Å². The molecule has 0 unspecified atom stereocenters. The molecule has 0 bridgehead atoms. The Bertz CT molecular complexity index is 562. The zero-order chi connectivity index (χ0) is 22.9. The van der Waals surface area contributed by atoms with Gasteiger partial charge in [0.1, 0.15) is 0 Å². The van der Waals surface area contributed by atoms with Gasteiger partial charge in [0.15, 0.2) is 16.6 Å². The Morgan fingerprint density at radius 3 is 1.90 bits per heavy atom. The molecule has 1 aliphatic rings. The molecule has 0 aromatic carbocycles. The molecule has 0 saturated carbocycles. The molecule has 0 aromatic heterocycles. The molecular weight excluding hydrogens is 395 g/mol. The predicted octanol–water partition coefficient (Wildman–Crippen LogP) is 6.59. The third-order valence-corrected chi connectivity index (χ3v) is 13.4. The van der Waals surface area contributed by atoms with Gasteiger partial charge in [-0.25, -0.2) is 0 Å². The molecule has 0 aliphatic carbocycles. The average Bonchev–Trinajstić information content (AvgIpc) is 2.68. The van der Waals surface area contributed by atoms with Crippen molar-refractivity contribution in [1.29, 1.82) is 0 Å². The number of allylic oxidation sites excluding steroid dienone is 1. The van der Waals surface area contributed by atoms with E-state index in [1.54, 1.807) is 0 Å². The van der Waals surface area contributed by atoms with Gasteiger partial charge in [0.2, 0.25) is 0 Å². The molecule has 29 heavy (non-hydrogen) atoms. The number of rotatable bonds is 9. The van der Waals surface area contributed by atoms with Crippen LogP contribution in [0.25, 0.3) is 0 Å². The minimum Gasteiger partial charge on any atom is -0.417 e. The van der Waals surface area contributed by atoms with Gasteiger partial charge < -0.3 is 18.2 Å². The Labute approximate surface area is 183 Å². The smallest absolute Gasteiger partial charge is 0.417 e. The highest BCUT2D eigenvalue weighted by molar-refractivity contribution is 6.74. The minimum atomic E-state index is -1.88. The van der Waals surface area contributed by atoms with Crippen molar-refractivity contribution in [3.8, 4) is 0 Å². The topological polar surface area (TPSA) is 36.9 Å². The fraction of sp³-hybridized carbons (Fsp3) is 0.909. The van der Waals surface area contributed by atoms with Crippen LogP contribution in [0.4, 0.5) is 0 Å². The zero-order valence-corrected chi connectivity index (χ0v) is 23.5. The molecule has 4 nitrogen and oxygen atoms in total. The molecule has 0 N–H and O–H groups in total. The summed E-state index contributed by atoms with van der Waals surface area (Å²) >= 11 is 0. The van der Waals surface area contributed by atoms with Crippen molar-refractivity contribution in [2.24, 2.45) is 0 Å². The van der Waals surface area contributed by atoms with Crippen molar-refractivity contribution in [2.45, 2.75) is 123 Å². The SMILES string of the molecule is CC(C)O[Si](C)(C)C/C(=C\CCO[Si](C)(C)C(C)(C)C)B1OC(C)(C)C(C)(C)O1. The molecular formula is C22H47BO4Si2. The van der Waals surface area contributed by atoms with E-state index in [9.17, 15) is 0 Å². The van der Waals surface area contributed by atoms with E-state index >= 15 is 0 Å². The second kappa shape index (κ2) is 9.29. The lowest BCUT2D eigenvalue weighted by Gasteiger charge is -2.36. The minimum absolute atomic E-state index is 0.227. The standard InChI is InChI=1S/C22H47BO4Si2/c1-18(2)25-28(10,11)17-19(23-26-21(6,7)22(8,9)27-23)15-14-16-24-29(12,13)20(3,4)5/h15,18H,14,16-17H2,1-13H3/b19-15+. The van der Waals surface area contributed by atoms with Gasteiger partial charge in [-0.15, -0.1) is 0 Å². The van der Waals surface area contributed by atoms with Gasteiger partial charge in [0.05, 0.1) is 11.2 Å². The van der Waals surface area contributed by atoms with Crippen LogP contribution in [0.3, 0.4) is 0 Å². The van der Waals surface area contributed by atoms with E-state index in [1.807, 2.05) is 0 Å².